The minimum atomic E-state index is -0.0732. The number of halogens is 2. The second-order valence-electron chi connectivity index (χ2n) is 16.0. The third-order valence-corrected chi connectivity index (χ3v) is 12.3. The smallest absolute Gasteiger partial charge is 0.231 e. The van der Waals surface area contributed by atoms with Gasteiger partial charge in [-0.2, -0.15) is 0 Å². The van der Waals surface area contributed by atoms with Crippen LogP contribution in [0.4, 0.5) is 17.1 Å². The Labute approximate surface area is 395 Å². The first-order valence-corrected chi connectivity index (χ1v) is 22.7. The van der Waals surface area contributed by atoms with Crippen molar-refractivity contribution in [2.45, 2.75) is 18.3 Å². The van der Waals surface area contributed by atoms with Gasteiger partial charge in [-0.05, 0) is 112 Å². The molecule has 0 radical (unpaired) electrons. The molecule has 1 aliphatic heterocycles. The van der Waals surface area contributed by atoms with E-state index in [1.807, 2.05) is 101 Å². The van der Waals surface area contributed by atoms with E-state index in [-0.39, 0.29) is 56.5 Å². The van der Waals surface area contributed by atoms with Gasteiger partial charge < -0.3 is 45.3 Å². The molecule has 7 aromatic rings. The van der Waals surface area contributed by atoms with Crippen molar-refractivity contribution in [2.75, 3.05) is 80.5 Å². The standard InChI is InChI=1S/C27H29ClN2O4.C26H25ClN2O3/c28-23-6-1-19(2-7-23)27(20-3-8-24(9-4-20)29(11-14-31)12-15-32)21-5-10-25-22(17-21)18-26(34)30(25)13-16-33;27-22-6-1-18(2-7-22)26(20-5-10-25-21(15-20)16-24(32)17-28-25)19-3-8-23(9-4-19)29(11-13-30)12-14-31/h1-10,17,27,31-33H,11-16,18H2;1-10,15-17,26,30-32H,11-14H2. The molecule has 0 fully saturated rings. The number of amides is 1. The SMILES string of the molecule is O=C1Cc2cc(C(c3ccc(Cl)cc3)c3ccc(N(CCO)CCO)cc3)ccc2N1CCO.OCCN(CCO)c1ccc(C(c2ccc(Cl)cc2)c2ccc3ncc(O)cc3c2)cc1. The van der Waals surface area contributed by atoms with Gasteiger partial charge in [-0.15, -0.1) is 0 Å². The first kappa shape index (κ1) is 47.9. The summed E-state index contributed by atoms with van der Waals surface area (Å²) in [6.07, 6.45) is 1.77. The maximum absolute atomic E-state index is 12.4. The molecule has 342 valence electrons. The molecule has 1 aliphatic rings. The lowest BCUT2D eigenvalue weighted by Crippen LogP contribution is -2.29. The number of aliphatic hydroxyl groups excluding tert-OH is 5. The number of pyridine rings is 1. The fourth-order valence-corrected chi connectivity index (χ4v) is 8.94. The molecular weight excluding hydrogens is 876 g/mol. The van der Waals surface area contributed by atoms with Crippen molar-refractivity contribution in [3.05, 3.63) is 195 Å². The van der Waals surface area contributed by atoms with E-state index >= 15 is 0 Å². The zero-order valence-corrected chi connectivity index (χ0v) is 37.9. The zero-order chi connectivity index (χ0) is 46.6. The quantitative estimate of drug-likeness (QED) is 0.0470. The monoisotopic (exact) mass is 928 g/mol. The number of rotatable bonds is 18. The van der Waals surface area contributed by atoms with Crippen LogP contribution < -0.4 is 14.7 Å². The largest absolute Gasteiger partial charge is 0.506 e. The lowest BCUT2D eigenvalue weighted by Gasteiger charge is -2.25. The molecule has 6 aromatic carbocycles. The van der Waals surface area contributed by atoms with Gasteiger partial charge in [0.2, 0.25) is 5.91 Å². The first-order chi connectivity index (χ1) is 32.1. The van der Waals surface area contributed by atoms with Crippen LogP contribution in [0.15, 0.2) is 146 Å². The Bertz CT molecular complexity index is 2660. The molecular formula is C53H54Cl2N4O7. The number of fused-ring (bicyclic) bond motifs is 2. The van der Waals surface area contributed by atoms with Gasteiger partial charge in [0.25, 0.3) is 0 Å². The Kier molecular flexibility index (Phi) is 16.7. The topological polar surface area (TPSA) is 161 Å². The van der Waals surface area contributed by atoms with Crippen LogP contribution in [0.2, 0.25) is 10.0 Å². The maximum Gasteiger partial charge on any atom is 0.231 e. The number of aliphatic hydroxyl groups is 5. The summed E-state index contributed by atoms with van der Waals surface area (Å²) in [5.74, 6) is 0.0244. The molecule has 0 bridgehead atoms. The lowest BCUT2D eigenvalue weighted by molar-refractivity contribution is -0.117. The molecule has 0 saturated heterocycles. The molecule has 2 heterocycles. The molecule has 6 N–H and O–H groups in total. The summed E-state index contributed by atoms with van der Waals surface area (Å²) < 4.78 is 0. The van der Waals surface area contributed by atoms with E-state index in [2.05, 4.69) is 47.4 Å². The summed E-state index contributed by atoms with van der Waals surface area (Å²) in [7, 11) is 0. The van der Waals surface area contributed by atoms with Crippen LogP contribution in [0, 0.1) is 0 Å². The fourth-order valence-electron chi connectivity index (χ4n) is 8.69. The fraction of sp³-hybridized carbons (Fsp3) is 0.245. The molecule has 0 saturated carbocycles. The van der Waals surface area contributed by atoms with Gasteiger partial charge in [0.1, 0.15) is 5.75 Å². The third kappa shape index (κ3) is 11.5. The summed E-state index contributed by atoms with van der Waals surface area (Å²) in [5, 5.41) is 58.8. The average Bonchev–Trinajstić information content (AvgIpc) is 3.64. The van der Waals surface area contributed by atoms with Gasteiger partial charge in [-0.1, -0.05) is 89.9 Å². The Balaban J connectivity index is 0.000000197. The van der Waals surface area contributed by atoms with Gasteiger partial charge in [0, 0.05) is 77.1 Å². The van der Waals surface area contributed by atoms with Gasteiger partial charge in [0.15, 0.2) is 0 Å². The number of hydrogen-bond acceptors (Lipinski definition) is 10. The summed E-state index contributed by atoms with van der Waals surface area (Å²) in [4.78, 5) is 22.3. The van der Waals surface area contributed by atoms with E-state index in [4.69, 9.17) is 23.2 Å². The van der Waals surface area contributed by atoms with Crippen LogP contribution in [0.25, 0.3) is 10.9 Å². The van der Waals surface area contributed by atoms with Gasteiger partial charge in [-0.25, -0.2) is 0 Å². The van der Waals surface area contributed by atoms with E-state index in [9.17, 15) is 35.4 Å². The summed E-state index contributed by atoms with van der Waals surface area (Å²) in [5.41, 5.74) is 11.0. The van der Waals surface area contributed by atoms with E-state index < -0.39 is 0 Å². The van der Waals surface area contributed by atoms with Crippen molar-refractivity contribution in [2.24, 2.45) is 0 Å². The number of anilines is 3. The average molecular weight is 930 g/mol. The van der Waals surface area contributed by atoms with E-state index in [0.717, 1.165) is 66.9 Å². The van der Waals surface area contributed by atoms with Gasteiger partial charge in [-0.3, -0.25) is 9.78 Å². The highest BCUT2D eigenvalue weighted by molar-refractivity contribution is 6.30. The predicted octanol–water partition coefficient (Wildman–Crippen LogP) is 7.76. The normalized spacial score (nSPS) is 13.0. The van der Waals surface area contributed by atoms with Gasteiger partial charge in [0.05, 0.1) is 51.2 Å². The lowest BCUT2D eigenvalue weighted by atomic mass is 9.84. The van der Waals surface area contributed by atoms with Crippen LogP contribution in [-0.2, 0) is 11.2 Å². The summed E-state index contributed by atoms with van der Waals surface area (Å²) in [6.45, 7) is 2.10. The highest BCUT2D eigenvalue weighted by atomic mass is 35.5. The second-order valence-corrected chi connectivity index (χ2v) is 16.9. The Morgan fingerprint density at radius 1 is 0.530 bits per heavy atom. The highest BCUT2D eigenvalue weighted by Crippen LogP contribution is 2.39. The number of nitrogens with zero attached hydrogens (tertiary/aromatic N) is 4. The molecule has 11 nitrogen and oxygen atoms in total. The molecule has 2 atom stereocenters. The maximum atomic E-state index is 12.4. The van der Waals surface area contributed by atoms with E-state index in [1.165, 1.54) is 6.20 Å². The minimum Gasteiger partial charge on any atom is -0.506 e. The second kappa shape index (κ2) is 22.9. The number of β-amino-alcohol motifs (C(OH)–C–C–N with tert-alkyl or cyclic N) is 1. The van der Waals surface area contributed by atoms with Crippen molar-refractivity contribution in [3.63, 3.8) is 0 Å². The molecule has 8 rings (SSSR count). The van der Waals surface area contributed by atoms with Crippen molar-refractivity contribution < 1.29 is 35.4 Å². The zero-order valence-electron chi connectivity index (χ0n) is 36.4. The van der Waals surface area contributed by atoms with Crippen LogP contribution in [-0.4, -0.2) is 107 Å². The summed E-state index contributed by atoms with van der Waals surface area (Å²) in [6, 6.07) is 45.8. The van der Waals surface area contributed by atoms with Crippen LogP contribution in [0.3, 0.4) is 0 Å². The number of carbonyl (C=O) groups excluding carboxylic acids is 1. The molecule has 1 amide bonds. The summed E-state index contributed by atoms with van der Waals surface area (Å²) >= 11 is 12.3. The van der Waals surface area contributed by atoms with Crippen molar-refractivity contribution in [1.29, 1.82) is 0 Å². The third-order valence-electron chi connectivity index (χ3n) is 11.8. The first-order valence-electron chi connectivity index (χ1n) is 21.9. The number of benzene rings is 6. The molecule has 66 heavy (non-hydrogen) atoms. The van der Waals surface area contributed by atoms with Crippen molar-refractivity contribution in [1.82, 2.24) is 4.98 Å². The van der Waals surface area contributed by atoms with E-state index in [0.29, 0.717) is 49.2 Å². The Morgan fingerprint density at radius 2 is 0.955 bits per heavy atom. The minimum absolute atomic E-state index is 0.00135. The van der Waals surface area contributed by atoms with E-state index in [1.54, 1.807) is 11.0 Å². The van der Waals surface area contributed by atoms with Crippen LogP contribution in [0.1, 0.15) is 50.8 Å². The molecule has 1 aromatic heterocycles. The Hall–Kier alpha value is -6.02. The molecule has 0 aliphatic carbocycles. The van der Waals surface area contributed by atoms with Crippen molar-refractivity contribution in [3.8, 4) is 5.75 Å². The van der Waals surface area contributed by atoms with Crippen LogP contribution in [0.5, 0.6) is 5.75 Å². The predicted molar refractivity (Wildman–Crippen MR) is 263 cm³/mol. The molecule has 13 heteroatoms. The Morgan fingerprint density at radius 3 is 1.41 bits per heavy atom. The van der Waals surface area contributed by atoms with Gasteiger partial charge >= 0.3 is 0 Å². The van der Waals surface area contributed by atoms with Crippen LogP contribution >= 0.6 is 23.2 Å². The molecule has 2 unspecified atom stereocenters. The molecule has 0 spiro atoms. The van der Waals surface area contributed by atoms with Crippen molar-refractivity contribution >= 4 is 57.1 Å². The highest BCUT2D eigenvalue weighted by Gasteiger charge is 2.28. The number of hydrogen-bond donors (Lipinski definition) is 6. The number of carbonyl (C=O) groups is 1. The number of aromatic nitrogens is 1. The number of aromatic hydroxyl groups is 1.